The van der Waals surface area contributed by atoms with Crippen LogP contribution in [0.3, 0.4) is 0 Å². The van der Waals surface area contributed by atoms with E-state index in [1.165, 1.54) is 18.4 Å². The molecule has 0 saturated heterocycles. The number of nitrogens with zero attached hydrogens (tertiary/aromatic N) is 4. The summed E-state index contributed by atoms with van der Waals surface area (Å²) in [4.78, 5) is 28.5. The largest absolute Gasteiger partial charge is 0.481 e. The number of alkyl halides is 2. The third-order valence-corrected chi connectivity index (χ3v) is 7.64. The van der Waals surface area contributed by atoms with Gasteiger partial charge in [-0.2, -0.15) is 0 Å². The Morgan fingerprint density at radius 3 is 2.89 bits per heavy atom. The van der Waals surface area contributed by atoms with E-state index >= 15 is 0 Å². The Balaban J connectivity index is 1.18. The molecule has 1 amide bonds. The fraction of sp³-hybridized carbons (Fsp3) is 0.600. The number of rotatable bonds is 9. The number of hydrogen-bond acceptors (Lipinski definition) is 7. The van der Waals surface area contributed by atoms with E-state index in [0.717, 1.165) is 75.7 Å². The van der Waals surface area contributed by atoms with Crippen molar-refractivity contribution in [3.05, 3.63) is 34.5 Å². The van der Waals surface area contributed by atoms with Crippen molar-refractivity contribution >= 4 is 23.5 Å². The first-order valence-corrected chi connectivity index (χ1v) is 12.9. The van der Waals surface area contributed by atoms with Crippen molar-refractivity contribution in [2.24, 2.45) is 16.8 Å². The monoisotopic (exact) mass is 506 g/mol. The highest BCUT2D eigenvalue weighted by molar-refractivity contribution is 7.13. The molecular weight excluding hydrogens is 474 g/mol. The number of aromatic nitrogens is 2. The molecule has 2 aromatic heterocycles. The second-order valence-corrected chi connectivity index (χ2v) is 10.5. The second-order valence-electron chi connectivity index (χ2n) is 9.47. The number of aliphatic imine (C=N–C) groups is 1. The minimum absolute atomic E-state index is 0.267. The van der Waals surface area contributed by atoms with Crippen LogP contribution in [-0.2, 0) is 13.0 Å². The van der Waals surface area contributed by atoms with Gasteiger partial charge in [-0.25, -0.2) is 23.7 Å². The topological polar surface area (TPSA) is 76.9 Å². The molecule has 2 aromatic rings. The molecule has 1 saturated carbocycles. The maximum absolute atomic E-state index is 13.0. The van der Waals surface area contributed by atoms with E-state index in [1.54, 1.807) is 18.3 Å². The average Bonchev–Trinajstić information content (AvgIpc) is 3.27. The summed E-state index contributed by atoms with van der Waals surface area (Å²) in [6, 6.07) is 3.25. The van der Waals surface area contributed by atoms with E-state index in [-0.39, 0.29) is 5.91 Å². The lowest BCUT2D eigenvalue weighted by atomic mass is 9.81. The summed E-state index contributed by atoms with van der Waals surface area (Å²) < 4.78 is 36.3. The molecule has 3 heterocycles. The highest BCUT2D eigenvalue weighted by Crippen LogP contribution is 2.33. The Morgan fingerprint density at radius 2 is 2.14 bits per heavy atom. The van der Waals surface area contributed by atoms with Crippen LogP contribution in [0, 0.1) is 11.8 Å². The van der Waals surface area contributed by atoms with Crippen molar-refractivity contribution in [2.45, 2.75) is 57.9 Å². The Bertz CT molecular complexity index is 1030. The normalized spacial score (nSPS) is 21.1. The van der Waals surface area contributed by atoms with Crippen LogP contribution in [-0.4, -0.2) is 59.7 Å². The quantitative estimate of drug-likeness (QED) is 0.443. The van der Waals surface area contributed by atoms with E-state index < -0.39 is 12.5 Å². The summed E-state index contributed by atoms with van der Waals surface area (Å²) in [7, 11) is 1.52. The van der Waals surface area contributed by atoms with Crippen LogP contribution in [0.4, 0.5) is 8.78 Å². The maximum Gasteiger partial charge on any atom is 0.278 e. The first-order valence-electron chi connectivity index (χ1n) is 12.1. The number of carbonyl (C=O) groups excluding carboxylic acids is 1. The molecular formula is C25H32F2N4O3S. The highest BCUT2D eigenvalue weighted by Gasteiger charge is 2.26. The Morgan fingerprint density at radius 1 is 1.34 bits per heavy atom. The Labute approximate surface area is 208 Å². The van der Waals surface area contributed by atoms with Gasteiger partial charge in [-0.05, 0) is 63.0 Å². The van der Waals surface area contributed by atoms with Gasteiger partial charge in [-0.3, -0.25) is 9.69 Å². The predicted octanol–water partition coefficient (Wildman–Crippen LogP) is 5.05. The van der Waals surface area contributed by atoms with Gasteiger partial charge in [0.1, 0.15) is 0 Å². The summed E-state index contributed by atoms with van der Waals surface area (Å²) in [5, 5.41) is 0.347. The molecule has 7 nitrogen and oxygen atoms in total. The lowest BCUT2D eigenvalue weighted by Crippen LogP contribution is -2.32. The van der Waals surface area contributed by atoms with Crippen LogP contribution in [0.15, 0.2) is 23.3 Å². The van der Waals surface area contributed by atoms with Crippen LogP contribution < -0.4 is 9.47 Å². The molecule has 0 bridgehead atoms. The van der Waals surface area contributed by atoms with Crippen LogP contribution in [0.1, 0.15) is 60.0 Å². The van der Waals surface area contributed by atoms with Crippen molar-refractivity contribution in [2.75, 3.05) is 26.8 Å². The van der Waals surface area contributed by atoms with Crippen LogP contribution in [0.5, 0.6) is 11.1 Å². The van der Waals surface area contributed by atoms with Crippen molar-refractivity contribution in [1.29, 1.82) is 0 Å². The van der Waals surface area contributed by atoms with Gasteiger partial charge >= 0.3 is 0 Å². The van der Waals surface area contributed by atoms with Crippen molar-refractivity contribution in [3.63, 3.8) is 0 Å². The van der Waals surface area contributed by atoms with Crippen LogP contribution in [0.25, 0.3) is 0 Å². The van der Waals surface area contributed by atoms with Crippen molar-refractivity contribution in [1.82, 2.24) is 14.9 Å². The van der Waals surface area contributed by atoms with E-state index in [4.69, 9.17) is 9.47 Å². The third-order valence-electron chi connectivity index (χ3n) is 6.57. The number of amides is 1. The average molecular weight is 507 g/mol. The molecule has 0 unspecified atom stereocenters. The zero-order valence-corrected chi connectivity index (χ0v) is 21.0. The zero-order chi connectivity index (χ0) is 24.8. The molecule has 4 rings (SSSR count). The molecule has 1 aliphatic heterocycles. The standard InChI is InChI=1S/C25H32F2N4O3S/c1-25(26,27)16-34-24-30-20-15-31(12-9-21(20)35-24)11-8-17-3-5-18(6-4-17)14-29-23(32)19-7-10-28-22(13-19)33-2/h7,10,13-14,17-18H,3-6,8-9,11-12,15-16H2,1-2H3. The number of methoxy groups -OCH3 is 1. The molecule has 35 heavy (non-hydrogen) atoms. The number of fused-ring (bicyclic) bond motifs is 1. The van der Waals surface area contributed by atoms with Crippen molar-refractivity contribution < 1.29 is 23.0 Å². The van der Waals surface area contributed by atoms with Gasteiger partial charge in [0.15, 0.2) is 6.61 Å². The summed E-state index contributed by atoms with van der Waals surface area (Å²) in [6.07, 6.45) is 9.72. The first kappa shape index (κ1) is 25.6. The molecule has 190 valence electrons. The minimum Gasteiger partial charge on any atom is -0.481 e. The van der Waals surface area contributed by atoms with Gasteiger partial charge in [-0.1, -0.05) is 11.3 Å². The molecule has 0 aromatic carbocycles. The van der Waals surface area contributed by atoms with Crippen LogP contribution >= 0.6 is 11.3 Å². The Hall–Kier alpha value is -2.46. The number of hydrogen-bond donors (Lipinski definition) is 0. The third kappa shape index (κ3) is 7.51. The summed E-state index contributed by atoms with van der Waals surface area (Å²) >= 11 is 1.39. The maximum atomic E-state index is 13.0. The fourth-order valence-corrected chi connectivity index (χ4v) is 5.47. The number of thiazole rings is 1. The zero-order valence-electron chi connectivity index (χ0n) is 20.2. The van der Waals surface area contributed by atoms with Gasteiger partial charge < -0.3 is 9.47 Å². The molecule has 1 fully saturated rings. The van der Waals surface area contributed by atoms with Gasteiger partial charge in [-0.15, -0.1) is 0 Å². The SMILES string of the molecule is COc1cc(C(=O)N=CC2CCC(CCN3CCc4sc(OCC(C)(F)F)nc4C3)CC2)ccn1. The molecule has 2 aliphatic rings. The first-order chi connectivity index (χ1) is 16.8. The number of carbonyl (C=O) groups is 1. The number of ether oxygens (including phenoxy) is 2. The van der Waals surface area contributed by atoms with E-state index in [2.05, 4.69) is 19.9 Å². The van der Waals surface area contributed by atoms with Gasteiger partial charge in [0.2, 0.25) is 5.88 Å². The lowest BCUT2D eigenvalue weighted by Gasteiger charge is -2.30. The molecule has 0 spiro atoms. The summed E-state index contributed by atoms with van der Waals surface area (Å²) in [5.41, 5.74) is 1.45. The molecule has 0 atom stereocenters. The molecule has 1 aliphatic carbocycles. The Kier molecular flexibility index (Phi) is 8.43. The van der Waals surface area contributed by atoms with Gasteiger partial charge in [0.25, 0.3) is 17.0 Å². The van der Waals surface area contributed by atoms with E-state index in [1.807, 2.05) is 6.21 Å². The van der Waals surface area contributed by atoms with Gasteiger partial charge in [0, 0.05) is 48.9 Å². The number of halogens is 2. The van der Waals surface area contributed by atoms with Crippen LogP contribution in [0.2, 0.25) is 0 Å². The molecule has 10 heteroatoms. The summed E-state index contributed by atoms with van der Waals surface area (Å²) in [5.74, 6) is -1.72. The smallest absolute Gasteiger partial charge is 0.278 e. The lowest BCUT2D eigenvalue weighted by molar-refractivity contribution is -0.0230. The highest BCUT2D eigenvalue weighted by atomic mass is 32.1. The second kappa shape index (κ2) is 11.5. The fourth-order valence-electron chi connectivity index (χ4n) is 4.56. The van der Waals surface area contributed by atoms with E-state index in [9.17, 15) is 13.6 Å². The number of pyridine rings is 1. The van der Waals surface area contributed by atoms with Crippen molar-refractivity contribution in [3.8, 4) is 11.1 Å². The molecule has 0 radical (unpaired) electrons. The molecule has 0 N–H and O–H groups in total. The van der Waals surface area contributed by atoms with Gasteiger partial charge in [0.05, 0.1) is 12.8 Å². The van der Waals surface area contributed by atoms with E-state index in [0.29, 0.717) is 28.5 Å². The summed E-state index contributed by atoms with van der Waals surface area (Å²) in [6.45, 7) is 2.93. The minimum atomic E-state index is -2.85. The predicted molar refractivity (Wildman–Crippen MR) is 131 cm³/mol.